The lowest BCUT2D eigenvalue weighted by molar-refractivity contribution is 0.144. The van der Waals surface area contributed by atoms with E-state index in [1.54, 1.807) is 0 Å². The van der Waals surface area contributed by atoms with E-state index in [1.165, 1.54) is 42.2 Å². The van der Waals surface area contributed by atoms with Crippen LogP contribution >= 0.6 is 0 Å². The van der Waals surface area contributed by atoms with Gasteiger partial charge in [0.2, 0.25) is 0 Å². The molecule has 3 heterocycles. The van der Waals surface area contributed by atoms with Gasteiger partial charge in [0.25, 0.3) is 0 Å². The minimum atomic E-state index is 0.600. The predicted octanol–water partition coefficient (Wildman–Crippen LogP) is 3.62. The Morgan fingerprint density at radius 1 is 1.26 bits per heavy atom. The van der Waals surface area contributed by atoms with Crippen LogP contribution < -0.4 is 5.32 Å². The number of rotatable bonds is 7. The SMILES string of the molecule is CCOCCN[C@H]1CC[C@@H](c2cnc3[nH]cc(-c4cnn(C)c4)c3c2)CC1. The normalized spacial score (nSPS) is 20.4. The average Bonchev–Trinajstić information content (AvgIpc) is 3.31. The lowest BCUT2D eigenvalue weighted by Gasteiger charge is -2.29. The molecule has 0 amide bonds. The van der Waals surface area contributed by atoms with E-state index in [2.05, 4.69) is 38.8 Å². The van der Waals surface area contributed by atoms with E-state index in [0.29, 0.717) is 12.0 Å². The maximum atomic E-state index is 5.42. The second kappa shape index (κ2) is 8.23. The summed E-state index contributed by atoms with van der Waals surface area (Å²) in [6, 6.07) is 2.95. The van der Waals surface area contributed by atoms with E-state index in [9.17, 15) is 0 Å². The fraction of sp³-hybridized carbons (Fsp3) is 0.524. The molecule has 27 heavy (non-hydrogen) atoms. The van der Waals surface area contributed by atoms with Gasteiger partial charge in [-0.05, 0) is 50.2 Å². The number of aromatic nitrogens is 4. The molecule has 1 fully saturated rings. The van der Waals surface area contributed by atoms with Crippen LogP contribution in [0.4, 0.5) is 0 Å². The zero-order valence-electron chi connectivity index (χ0n) is 16.2. The molecule has 1 saturated carbocycles. The van der Waals surface area contributed by atoms with Crippen LogP contribution in [0.15, 0.2) is 30.9 Å². The first-order valence-electron chi connectivity index (χ1n) is 10.0. The average molecular weight is 367 g/mol. The molecule has 0 radical (unpaired) electrons. The number of aromatic amines is 1. The molecular weight excluding hydrogens is 338 g/mol. The summed E-state index contributed by atoms with van der Waals surface area (Å²) in [5.41, 5.74) is 4.62. The topological polar surface area (TPSA) is 67.8 Å². The van der Waals surface area contributed by atoms with Crippen molar-refractivity contribution >= 4 is 11.0 Å². The van der Waals surface area contributed by atoms with Crippen molar-refractivity contribution < 1.29 is 4.74 Å². The maximum Gasteiger partial charge on any atom is 0.137 e. The van der Waals surface area contributed by atoms with Crippen molar-refractivity contribution in [2.24, 2.45) is 7.05 Å². The third-order valence-electron chi connectivity index (χ3n) is 5.65. The summed E-state index contributed by atoms with van der Waals surface area (Å²) in [5, 5.41) is 9.13. The molecular formula is C21H29N5O. The van der Waals surface area contributed by atoms with Crippen LogP contribution in [-0.2, 0) is 11.8 Å². The van der Waals surface area contributed by atoms with Gasteiger partial charge in [0.1, 0.15) is 5.65 Å². The highest BCUT2D eigenvalue weighted by Gasteiger charge is 2.23. The summed E-state index contributed by atoms with van der Waals surface area (Å²) in [6.45, 7) is 4.60. The Balaban J connectivity index is 1.44. The van der Waals surface area contributed by atoms with E-state index in [0.717, 1.165) is 31.0 Å². The standard InChI is InChI=1S/C21H29N5O/c1-3-27-9-8-22-18-6-4-15(5-7-18)16-10-19-20(13-24-21(19)23-11-16)17-12-25-26(2)14-17/h10-15,18,22H,3-9H2,1-2H3,(H,23,24)/t15-,18+. The van der Waals surface area contributed by atoms with Crippen LogP contribution in [0, 0.1) is 0 Å². The van der Waals surface area contributed by atoms with Crippen LogP contribution in [0.25, 0.3) is 22.2 Å². The molecule has 2 N–H and O–H groups in total. The summed E-state index contributed by atoms with van der Waals surface area (Å²) in [5.74, 6) is 0.600. The highest BCUT2D eigenvalue weighted by Crippen LogP contribution is 2.35. The molecule has 1 aliphatic rings. The Labute approximate surface area is 160 Å². The van der Waals surface area contributed by atoms with E-state index in [-0.39, 0.29) is 0 Å². The fourth-order valence-electron chi connectivity index (χ4n) is 4.15. The lowest BCUT2D eigenvalue weighted by atomic mass is 9.82. The van der Waals surface area contributed by atoms with Gasteiger partial charge in [-0.25, -0.2) is 4.98 Å². The number of ether oxygens (including phenoxy) is 1. The van der Waals surface area contributed by atoms with Crippen molar-refractivity contribution in [2.75, 3.05) is 19.8 Å². The van der Waals surface area contributed by atoms with Crippen LogP contribution in [0.1, 0.15) is 44.1 Å². The van der Waals surface area contributed by atoms with Crippen molar-refractivity contribution in [1.82, 2.24) is 25.1 Å². The molecule has 0 atom stereocenters. The van der Waals surface area contributed by atoms with Gasteiger partial charge in [-0.15, -0.1) is 0 Å². The number of fused-ring (bicyclic) bond motifs is 1. The summed E-state index contributed by atoms with van der Waals surface area (Å²) >= 11 is 0. The second-order valence-corrected chi connectivity index (χ2v) is 7.47. The third-order valence-corrected chi connectivity index (χ3v) is 5.65. The van der Waals surface area contributed by atoms with Crippen molar-refractivity contribution in [2.45, 2.75) is 44.6 Å². The van der Waals surface area contributed by atoms with E-state index in [4.69, 9.17) is 4.74 Å². The Hall–Kier alpha value is -2.18. The van der Waals surface area contributed by atoms with Gasteiger partial charge in [-0.1, -0.05) is 0 Å². The maximum absolute atomic E-state index is 5.42. The van der Waals surface area contributed by atoms with Crippen molar-refractivity contribution in [3.63, 3.8) is 0 Å². The fourth-order valence-corrected chi connectivity index (χ4v) is 4.15. The van der Waals surface area contributed by atoms with Gasteiger partial charge >= 0.3 is 0 Å². The van der Waals surface area contributed by atoms with Gasteiger partial charge in [-0.2, -0.15) is 5.10 Å². The van der Waals surface area contributed by atoms with Crippen molar-refractivity contribution in [1.29, 1.82) is 0 Å². The Morgan fingerprint density at radius 3 is 2.85 bits per heavy atom. The van der Waals surface area contributed by atoms with Gasteiger partial charge < -0.3 is 15.0 Å². The number of nitrogens with zero attached hydrogens (tertiary/aromatic N) is 3. The van der Waals surface area contributed by atoms with Crippen LogP contribution in [0.3, 0.4) is 0 Å². The molecule has 3 aromatic rings. The van der Waals surface area contributed by atoms with Crippen LogP contribution in [0.2, 0.25) is 0 Å². The zero-order valence-corrected chi connectivity index (χ0v) is 16.2. The quantitative estimate of drug-likeness (QED) is 0.626. The number of hydrogen-bond acceptors (Lipinski definition) is 4. The first kappa shape index (κ1) is 18.2. The Kier molecular flexibility index (Phi) is 5.55. The summed E-state index contributed by atoms with van der Waals surface area (Å²) in [7, 11) is 1.95. The van der Waals surface area contributed by atoms with Gasteiger partial charge in [0, 0.05) is 61.3 Å². The summed E-state index contributed by atoms with van der Waals surface area (Å²) in [4.78, 5) is 7.98. The molecule has 6 nitrogen and oxygen atoms in total. The summed E-state index contributed by atoms with van der Waals surface area (Å²) < 4.78 is 7.26. The van der Waals surface area contributed by atoms with Crippen molar-refractivity contribution in [3.8, 4) is 11.1 Å². The summed E-state index contributed by atoms with van der Waals surface area (Å²) in [6.07, 6.45) is 12.9. The zero-order chi connectivity index (χ0) is 18.6. The highest BCUT2D eigenvalue weighted by atomic mass is 16.5. The number of pyridine rings is 1. The van der Waals surface area contributed by atoms with E-state index in [1.807, 2.05) is 31.0 Å². The Morgan fingerprint density at radius 2 is 2.11 bits per heavy atom. The smallest absolute Gasteiger partial charge is 0.137 e. The highest BCUT2D eigenvalue weighted by molar-refractivity contribution is 5.93. The monoisotopic (exact) mass is 367 g/mol. The number of nitrogens with one attached hydrogen (secondary N) is 2. The van der Waals surface area contributed by atoms with E-state index >= 15 is 0 Å². The second-order valence-electron chi connectivity index (χ2n) is 7.47. The molecule has 0 aromatic carbocycles. The van der Waals surface area contributed by atoms with Gasteiger partial charge in [-0.3, -0.25) is 4.68 Å². The first-order chi connectivity index (χ1) is 13.2. The first-order valence-corrected chi connectivity index (χ1v) is 10.0. The van der Waals surface area contributed by atoms with E-state index < -0.39 is 0 Å². The molecule has 4 rings (SSSR count). The third kappa shape index (κ3) is 4.06. The predicted molar refractivity (Wildman–Crippen MR) is 108 cm³/mol. The largest absolute Gasteiger partial charge is 0.380 e. The Bertz CT molecular complexity index is 876. The van der Waals surface area contributed by atoms with Gasteiger partial charge in [0.05, 0.1) is 12.8 Å². The lowest BCUT2D eigenvalue weighted by Crippen LogP contribution is -2.35. The molecule has 3 aromatic heterocycles. The van der Waals surface area contributed by atoms with Crippen LogP contribution in [-0.4, -0.2) is 45.5 Å². The molecule has 144 valence electrons. The molecule has 0 saturated heterocycles. The molecule has 0 bridgehead atoms. The number of aryl methyl sites for hydroxylation is 1. The minimum absolute atomic E-state index is 0.600. The molecule has 0 aliphatic heterocycles. The molecule has 1 aliphatic carbocycles. The number of hydrogen-bond donors (Lipinski definition) is 2. The molecule has 0 unspecified atom stereocenters. The minimum Gasteiger partial charge on any atom is -0.380 e. The van der Waals surface area contributed by atoms with Crippen LogP contribution in [0.5, 0.6) is 0 Å². The number of H-pyrrole nitrogens is 1. The van der Waals surface area contributed by atoms with Gasteiger partial charge in [0.15, 0.2) is 0 Å². The van der Waals surface area contributed by atoms with Crippen molar-refractivity contribution in [3.05, 3.63) is 36.4 Å². The molecule has 0 spiro atoms. The molecule has 6 heteroatoms.